The van der Waals surface area contributed by atoms with E-state index in [9.17, 15) is 14.4 Å². The third-order valence-electron chi connectivity index (χ3n) is 3.53. The predicted molar refractivity (Wildman–Crippen MR) is 118 cm³/mol. The fraction of sp³-hybridized carbons (Fsp3) is 0.238. The summed E-state index contributed by atoms with van der Waals surface area (Å²) < 4.78 is 6.06. The number of nitriles is 1. The molecule has 0 aromatic heterocycles. The van der Waals surface area contributed by atoms with E-state index in [0.717, 1.165) is 3.57 Å². The highest BCUT2D eigenvalue weighted by Crippen LogP contribution is 2.25. The van der Waals surface area contributed by atoms with Crippen LogP contribution < -0.4 is 10.6 Å². The molecule has 0 bridgehead atoms. The molecule has 0 atom stereocenters. The van der Waals surface area contributed by atoms with E-state index in [1.54, 1.807) is 57.2 Å². The highest BCUT2D eigenvalue weighted by atomic mass is 127. The van der Waals surface area contributed by atoms with Crippen molar-refractivity contribution < 1.29 is 19.1 Å². The predicted octanol–water partition coefficient (Wildman–Crippen LogP) is 4.72. The van der Waals surface area contributed by atoms with E-state index in [4.69, 9.17) is 10.00 Å². The first-order valence-electron chi connectivity index (χ1n) is 8.70. The van der Waals surface area contributed by atoms with Gasteiger partial charge < -0.3 is 10.1 Å². The van der Waals surface area contributed by atoms with Crippen molar-refractivity contribution in [1.29, 1.82) is 5.26 Å². The summed E-state index contributed by atoms with van der Waals surface area (Å²) in [4.78, 5) is 36.8. The molecule has 0 fully saturated rings. The first kappa shape index (κ1) is 22.4. The van der Waals surface area contributed by atoms with E-state index in [1.807, 2.05) is 6.07 Å². The zero-order chi connectivity index (χ0) is 21.6. The smallest absolute Gasteiger partial charge is 0.412 e. The molecule has 0 unspecified atom stereocenters. The maximum absolute atomic E-state index is 12.4. The van der Waals surface area contributed by atoms with E-state index < -0.39 is 29.8 Å². The molecule has 0 aliphatic rings. The standard InChI is InChI=1S/C21H20IN3O4/c1-21(2,3)29-20(28)25-16-8-7-15(22)10-17(16)24-19(27)11-18(26)14-6-4-5-13(9-14)12-23/h4-10H,11H2,1-3H3,(H,24,27)(H,25,28). The van der Waals surface area contributed by atoms with Crippen molar-refractivity contribution in [3.8, 4) is 6.07 Å². The topological polar surface area (TPSA) is 108 Å². The minimum Gasteiger partial charge on any atom is -0.444 e. The SMILES string of the molecule is CC(C)(C)OC(=O)Nc1ccc(I)cc1NC(=O)CC(=O)c1cccc(C#N)c1. The van der Waals surface area contributed by atoms with E-state index in [-0.39, 0.29) is 5.56 Å². The van der Waals surface area contributed by atoms with Crippen LogP contribution in [-0.4, -0.2) is 23.4 Å². The first-order valence-corrected chi connectivity index (χ1v) is 9.78. The summed E-state index contributed by atoms with van der Waals surface area (Å²) in [6.07, 6.45) is -1.05. The van der Waals surface area contributed by atoms with E-state index in [0.29, 0.717) is 16.9 Å². The molecule has 0 aliphatic carbocycles. The number of nitrogens with one attached hydrogen (secondary N) is 2. The van der Waals surface area contributed by atoms with Gasteiger partial charge in [0.15, 0.2) is 5.78 Å². The zero-order valence-electron chi connectivity index (χ0n) is 16.2. The molecule has 0 aliphatic heterocycles. The molecule has 2 N–H and O–H groups in total. The van der Waals surface area contributed by atoms with Crippen LogP contribution in [-0.2, 0) is 9.53 Å². The van der Waals surface area contributed by atoms with Gasteiger partial charge in [-0.15, -0.1) is 0 Å². The van der Waals surface area contributed by atoms with Gasteiger partial charge in [0, 0.05) is 9.13 Å². The Hall–Kier alpha value is -2.93. The Balaban J connectivity index is 2.11. The number of halogens is 1. The van der Waals surface area contributed by atoms with Gasteiger partial charge in [0.1, 0.15) is 5.60 Å². The molecule has 2 aromatic rings. The molecule has 8 heteroatoms. The number of rotatable bonds is 5. The van der Waals surface area contributed by atoms with E-state index >= 15 is 0 Å². The number of ether oxygens (including phenoxy) is 1. The highest BCUT2D eigenvalue weighted by molar-refractivity contribution is 14.1. The third-order valence-corrected chi connectivity index (χ3v) is 4.20. The van der Waals surface area contributed by atoms with Gasteiger partial charge >= 0.3 is 6.09 Å². The fourth-order valence-corrected chi connectivity index (χ4v) is 2.84. The summed E-state index contributed by atoms with van der Waals surface area (Å²) in [5, 5.41) is 14.2. The molecule has 0 heterocycles. The molecule has 29 heavy (non-hydrogen) atoms. The van der Waals surface area contributed by atoms with Gasteiger partial charge in [0.25, 0.3) is 0 Å². The summed E-state index contributed by atoms with van der Waals surface area (Å²) in [7, 11) is 0. The Kier molecular flexibility index (Phi) is 7.34. The van der Waals surface area contributed by atoms with Crippen molar-refractivity contribution >= 4 is 51.7 Å². The second-order valence-corrected chi connectivity index (χ2v) is 8.40. The second kappa shape index (κ2) is 9.52. The van der Waals surface area contributed by atoms with Crippen LogP contribution in [0, 0.1) is 14.9 Å². The molecule has 0 spiro atoms. The molecule has 0 saturated heterocycles. The van der Waals surface area contributed by atoms with Crippen LogP contribution in [0.4, 0.5) is 16.2 Å². The first-order chi connectivity index (χ1) is 13.6. The lowest BCUT2D eigenvalue weighted by Gasteiger charge is -2.20. The molecule has 0 radical (unpaired) electrons. The highest BCUT2D eigenvalue weighted by Gasteiger charge is 2.19. The molecule has 2 amide bonds. The number of nitrogens with zero attached hydrogens (tertiary/aromatic N) is 1. The van der Waals surface area contributed by atoms with Crippen molar-refractivity contribution in [3.05, 3.63) is 57.2 Å². The lowest BCUT2D eigenvalue weighted by molar-refractivity contribution is -0.115. The van der Waals surface area contributed by atoms with Crippen LogP contribution in [0.25, 0.3) is 0 Å². The number of Topliss-reactive ketones (excluding diaryl/α,β-unsaturated/α-hetero) is 1. The molecule has 0 saturated carbocycles. The zero-order valence-corrected chi connectivity index (χ0v) is 18.4. The van der Waals surface area contributed by atoms with Crippen LogP contribution >= 0.6 is 22.6 Å². The number of hydrogen-bond donors (Lipinski definition) is 2. The Morgan fingerprint density at radius 2 is 1.79 bits per heavy atom. The number of carbonyl (C=O) groups excluding carboxylic acids is 3. The average molecular weight is 505 g/mol. The van der Waals surface area contributed by atoms with Gasteiger partial charge in [-0.25, -0.2) is 4.79 Å². The van der Waals surface area contributed by atoms with Gasteiger partial charge in [0.2, 0.25) is 5.91 Å². The van der Waals surface area contributed by atoms with Crippen LogP contribution in [0.3, 0.4) is 0 Å². The van der Waals surface area contributed by atoms with Crippen LogP contribution in [0.1, 0.15) is 43.1 Å². The quantitative estimate of drug-likeness (QED) is 0.347. The van der Waals surface area contributed by atoms with Crippen molar-refractivity contribution in [2.45, 2.75) is 32.8 Å². The summed E-state index contributed by atoms with van der Waals surface area (Å²) in [6.45, 7) is 5.24. The number of anilines is 2. The normalized spacial score (nSPS) is 10.6. The maximum atomic E-state index is 12.4. The second-order valence-electron chi connectivity index (χ2n) is 7.16. The average Bonchev–Trinajstić information content (AvgIpc) is 2.62. The van der Waals surface area contributed by atoms with Crippen molar-refractivity contribution in [3.63, 3.8) is 0 Å². The van der Waals surface area contributed by atoms with Gasteiger partial charge in [-0.2, -0.15) is 5.26 Å². The Morgan fingerprint density at radius 1 is 1.07 bits per heavy atom. The van der Waals surface area contributed by atoms with Gasteiger partial charge in [0.05, 0.1) is 29.4 Å². The Morgan fingerprint density at radius 3 is 2.45 bits per heavy atom. The Bertz CT molecular complexity index is 990. The number of carbonyl (C=O) groups is 3. The molecule has 2 aromatic carbocycles. The number of benzene rings is 2. The van der Waals surface area contributed by atoms with Crippen molar-refractivity contribution in [2.24, 2.45) is 0 Å². The summed E-state index contributed by atoms with van der Waals surface area (Å²) in [6, 6.07) is 13.2. The summed E-state index contributed by atoms with van der Waals surface area (Å²) in [5.74, 6) is -0.946. The molecule has 2 rings (SSSR count). The number of amides is 2. The lowest BCUT2D eigenvalue weighted by atomic mass is 10.1. The minimum absolute atomic E-state index is 0.286. The van der Waals surface area contributed by atoms with Crippen molar-refractivity contribution in [1.82, 2.24) is 0 Å². The Labute approximate surface area is 182 Å². The number of ketones is 1. The van der Waals surface area contributed by atoms with Gasteiger partial charge in [-0.3, -0.25) is 14.9 Å². The minimum atomic E-state index is -0.666. The van der Waals surface area contributed by atoms with Gasteiger partial charge in [-0.05, 0) is 73.7 Å². The summed E-state index contributed by atoms with van der Waals surface area (Å²) >= 11 is 2.07. The monoisotopic (exact) mass is 505 g/mol. The maximum Gasteiger partial charge on any atom is 0.412 e. The summed E-state index contributed by atoms with van der Waals surface area (Å²) in [5.41, 5.74) is 0.672. The van der Waals surface area contributed by atoms with Gasteiger partial charge in [-0.1, -0.05) is 12.1 Å². The third kappa shape index (κ3) is 7.19. The van der Waals surface area contributed by atoms with Crippen LogP contribution in [0.15, 0.2) is 42.5 Å². The molecular formula is C21H20IN3O4. The van der Waals surface area contributed by atoms with E-state index in [1.165, 1.54) is 6.07 Å². The molecule has 150 valence electrons. The van der Waals surface area contributed by atoms with E-state index in [2.05, 4.69) is 33.2 Å². The number of hydrogen-bond acceptors (Lipinski definition) is 5. The lowest BCUT2D eigenvalue weighted by Crippen LogP contribution is -2.27. The van der Waals surface area contributed by atoms with Crippen LogP contribution in [0.5, 0.6) is 0 Å². The largest absolute Gasteiger partial charge is 0.444 e. The van der Waals surface area contributed by atoms with Crippen molar-refractivity contribution in [2.75, 3.05) is 10.6 Å². The molecule has 7 nitrogen and oxygen atoms in total. The fourth-order valence-electron chi connectivity index (χ4n) is 2.35. The molecular weight excluding hydrogens is 485 g/mol. The van der Waals surface area contributed by atoms with Crippen LogP contribution in [0.2, 0.25) is 0 Å².